The third-order valence-electron chi connectivity index (χ3n) is 2.62. The van der Waals surface area contributed by atoms with E-state index in [0.717, 1.165) is 11.4 Å². The predicted octanol–water partition coefficient (Wildman–Crippen LogP) is 3.53. The molecule has 0 unspecified atom stereocenters. The molecule has 2 aromatic carbocycles. The molecule has 0 aromatic heterocycles. The number of carboxylic acid groups (broad SMARTS) is 1. The molecule has 4 heteroatoms. The van der Waals surface area contributed by atoms with Gasteiger partial charge in [-0.25, -0.2) is 4.79 Å². The maximum Gasteiger partial charge on any atom is 0.332 e. The number of rotatable bonds is 6. The summed E-state index contributed by atoms with van der Waals surface area (Å²) in [7, 11) is 0. The Labute approximate surface area is 117 Å². The van der Waals surface area contributed by atoms with Gasteiger partial charge in [0.2, 0.25) is 0 Å². The van der Waals surface area contributed by atoms with Crippen molar-refractivity contribution in [2.24, 2.45) is 0 Å². The quantitative estimate of drug-likeness (QED) is 0.788. The molecule has 4 nitrogen and oxygen atoms in total. The summed E-state index contributed by atoms with van der Waals surface area (Å²) in [6.07, 6.45) is 0. The van der Waals surface area contributed by atoms with Crippen molar-refractivity contribution in [3.8, 4) is 11.5 Å². The van der Waals surface area contributed by atoms with Gasteiger partial charge in [0.25, 0.3) is 0 Å². The first-order chi connectivity index (χ1) is 9.65. The van der Waals surface area contributed by atoms with Gasteiger partial charge in [-0.1, -0.05) is 30.8 Å². The van der Waals surface area contributed by atoms with Crippen LogP contribution in [0.5, 0.6) is 11.5 Å². The molecule has 0 aliphatic carbocycles. The number of hydrogen-bond donors (Lipinski definition) is 2. The van der Waals surface area contributed by atoms with Crippen molar-refractivity contribution in [3.05, 3.63) is 66.7 Å². The van der Waals surface area contributed by atoms with Crippen molar-refractivity contribution in [1.29, 1.82) is 0 Å². The molecule has 0 aliphatic rings. The van der Waals surface area contributed by atoms with Crippen LogP contribution in [0.3, 0.4) is 0 Å². The van der Waals surface area contributed by atoms with E-state index in [0.29, 0.717) is 5.75 Å². The number of benzene rings is 2. The highest BCUT2D eigenvalue weighted by molar-refractivity contribution is 5.86. The van der Waals surface area contributed by atoms with Crippen LogP contribution in [0.2, 0.25) is 0 Å². The first-order valence-electron chi connectivity index (χ1n) is 6.13. The lowest BCUT2D eigenvalue weighted by atomic mass is 10.2. The number of nitrogens with one attached hydrogen (secondary N) is 1. The zero-order valence-corrected chi connectivity index (χ0v) is 10.9. The van der Waals surface area contributed by atoms with Crippen LogP contribution in [0.4, 0.5) is 5.69 Å². The van der Waals surface area contributed by atoms with Crippen LogP contribution in [0.1, 0.15) is 0 Å². The summed E-state index contributed by atoms with van der Waals surface area (Å²) in [4.78, 5) is 10.7. The molecule has 2 aromatic rings. The summed E-state index contributed by atoms with van der Waals surface area (Å²) in [6.45, 7) is 3.65. The molecular formula is C16H15NO3. The van der Waals surface area contributed by atoms with Crippen molar-refractivity contribution in [2.75, 3.05) is 11.9 Å². The molecular weight excluding hydrogens is 254 g/mol. The minimum atomic E-state index is -1.01. The van der Waals surface area contributed by atoms with Crippen LogP contribution >= 0.6 is 0 Å². The molecule has 0 heterocycles. The molecule has 0 amide bonds. The van der Waals surface area contributed by atoms with E-state index in [4.69, 9.17) is 9.84 Å². The molecule has 0 spiro atoms. The Morgan fingerprint density at radius 1 is 1.10 bits per heavy atom. The van der Waals surface area contributed by atoms with Gasteiger partial charge in [-0.05, 0) is 24.3 Å². The first kappa shape index (κ1) is 13.7. The van der Waals surface area contributed by atoms with Crippen LogP contribution in [-0.4, -0.2) is 17.6 Å². The minimum absolute atomic E-state index is 0.111. The van der Waals surface area contributed by atoms with E-state index in [1.54, 1.807) is 0 Å². The lowest BCUT2D eigenvalue weighted by Crippen LogP contribution is -2.11. The summed E-state index contributed by atoms with van der Waals surface area (Å²) in [5.74, 6) is 0.427. The van der Waals surface area contributed by atoms with E-state index < -0.39 is 5.97 Å². The fraction of sp³-hybridized carbons (Fsp3) is 0.0625. The second kappa shape index (κ2) is 6.43. The fourth-order valence-electron chi connectivity index (χ4n) is 1.58. The zero-order chi connectivity index (χ0) is 14.4. The Hall–Kier alpha value is -2.75. The fourth-order valence-corrected chi connectivity index (χ4v) is 1.58. The van der Waals surface area contributed by atoms with Gasteiger partial charge in [0.05, 0.1) is 0 Å². The van der Waals surface area contributed by atoms with Crippen LogP contribution in [-0.2, 0) is 4.79 Å². The molecule has 0 atom stereocenters. The number of anilines is 1. The Balaban J connectivity index is 2.01. The molecule has 102 valence electrons. The first-order valence-corrected chi connectivity index (χ1v) is 6.13. The lowest BCUT2D eigenvalue weighted by Gasteiger charge is -2.09. The van der Waals surface area contributed by atoms with Crippen LogP contribution < -0.4 is 10.1 Å². The normalized spacial score (nSPS) is 9.80. The zero-order valence-electron chi connectivity index (χ0n) is 10.9. The van der Waals surface area contributed by atoms with E-state index in [-0.39, 0.29) is 12.1 Å². The van der Waals surface area contributed by atoms with Gasteiger partial charge < -0.3 is 15.2 Å². The summed E-state index contributed by atoms with van der Waals surface area (Å²) in [5, 5.41) is 11.7. The maximum atomic E-state index is 10.7. The summed E-state index contributed by atoms with van der Waals surface area (Å²) in [6, 6.07) is 16.8. The topological polar surface area (TPSA) is 58.6 Å². The van der Waals surface area contributed by atoms with Crippen molar-refractivity contribution >= 4 is 11.7 Å². The summed E-state index contributed by atoms with van der Waals surface area (Å²) >= 11 is 0. The second-order valence-electron chi connectivity index (χ2n) is 4.21. The van der Waals surface area contributed by atoms with Gasteiger partial charge in [0.1, 0.15) is 11.5 Å². The monoisotopic (exact) mass is 269 g/mol. The van der Waals surface area contributed by atoms with E-state index in [2.05, 4.69) is 11.9 Å². The Bertz CT molecular complexity index is 608. The SMILES string of the molecule is C=C(CNc1cccc(Oc2ccccc2)c1)C(=O)O. The highest BCUT2D eigenvalue weighted by atomic mass is 16.5. The number of hydrogen-bond acceptors (Lipinski definition) is 3. The predicted molar refractivity (Wildman–Crippen MR) is 78.2 cm³/mol. The molecule has 0 radical (unpaired) electrons. The third kappa shape index (κ3) is 3.88. The minimum Gasteiger partial charge on any atom is -0.478 e. The van der Waals surface area contributed by atoms with Crippen LogP contribution in [0.25, 0.3) is 0 Å². The van der Waals surface area contributed by atoms with E-state index >= 15 is 0 Å². The number of carbonyl (C=O) groups is 1. The molecule has 0 aliphatic heterocycles. The van der Waals surface area contributed by atoms with Crippen molar-refractivity contribution in [2.45, 2.75) is 0 Å². The largest absolute Gasteiger partial charge is 0.478 e. The van der Waals surface area contributed by atoms with Crippen LogP contribution in [0, 0.1) is 0 Å². The smallest absolute Gasteiger partial charge is 0.332 e. The second-order valence-corrected chi connectivity index (χ2v) is 4.21. The number of ether oxygens (including phenoxy) is 1. The summed E-state index contributed by atoms with van der Waals surface area (Å²) < 4.78 is 5.69. The van der Waals surface area contributed by atoms with Gasteiger partial charge in [-0.15, -0.1) is 0 Å². The Morgan fingerprint density at radius 2 is 1.80 bits per heavy atom. The highest BCUT2D eigenvalue weighted by Crippen LogP contribution is 2.23. The highest BCUT2D eigenvalue weighted by Gasteiger charge is 2.04. The van der Waals surface area contributed by atoms with Crippen molar-refractivity contribution in [3.63, 3.8) is 0 Å². The molecule has 0 bridgehead atoms. The van der Waals surface area contributed by atoms with Crippen molar-refractivity contribution < 1.29 is 14.6 Å². The van der Waals surface area contributed by atoms with Gasteiger partial charge in [-0.3, -0.25) is 0 Å². The molecule has 0 saturated heterocycles. The number of para-hydroxylation sites is 1. The van der Waals surface area contributed by atoms with Gasteiger partial charge in [0.15, 0.2) is 0 Å². The maximum absolute atomic E-state index is 10.7. The Morgan fingerprint density at radius 3 is 2.50 bits per heavy atom. The standard InChI is InChI=1S/C16H15NO3/c1-12(16(18)19)11-17-13-6-5-9-15(10-13)20-14-7-3-2-4-8-14/h2-10,17H,1,11H2,(H,18,19). The molecule has 2 N–H and O–H groups in total. The number of carboxylic acids is 1. The average molecular weight is 269 g/mol. The van der Waals surface area contributed by atoms with Gasteiger partial charge in [-0.2, -0.15) is 0 Å². The van der Waals surface area contributed by atoms with E-state index in [9.17, 15) is 4.79 Å². The van der Waals surface area contributed by atoms with E-state index in [1.807, 2.05) is 54.6 Å². The molecule has 20 heavy (non-hydrogen) atoms. The average Bonchev–Trinajstić information content (AvgIpc) is 2.46. The molecule has 0 fully saturated rings. The van der Waals surface area contributed by atoms with Crippen molar-refractivity contribution in [1.82, 2.24) is 0 Å². The lowest BCUT2D eigenvalue weighted by molar-refractivity contribution is -0.132. The van der Waals surface area contributed by atoms with Gasteiger partial charge >= 0.3 is 5.97 Å². The Kier molecular flexibility index (Phi) is 4.39. The molecule has 0 saturated carbocycles. The van der Waals surface area contributed by atoms with Crippen LogP contribution in [0.15, 0.2) is 66.7 Å². The number of aliphatic carboxylic acids is 1. The molecule has 2 rings (SSSR count). The van der Waals surface area contributed by atoms with Gasteiger partial charge in [0, 0.05) is 23.9 Å². The van der Waals surface area contributed by atoms with E-state index in [1.165, 1.54) is 0 Å². The summed E-state index contributed by atoms with van der Waals surface area (Å²) in [5.41, 5.74) is 0.889. The third-order valence-corrected chi connectivity index (χ3v) is 2.62.